The number of benzene rings is 1. The van der Waals surface area contributed by atoms with E-state index in [1.807, 2.05) is 12.1 Å². The Balaban J connectivity index is 2.07. The number of thioether (sulfide) groups is 1. The van der Waals surface area contributed by atoms with Crippen molar-refractivity contribution >= 4 is 17.5 Å². The lowest BCUT2D eigenvalue weighted by atomic mass is 9.95. The smallest absolute Gasteiger partial charge is 0.159 e. The fourth-order valence-electron chi connectivity index (χ4n) is 1.94. The zero-order chi connectivity index (χ0) is 11.6. The van der Waals surface area contributed by atoms with Gasteiger partial charge in [0.2, 0.25) is 0 Å². The highest BCUT2D eigenvalue weighted by Gasteiger charge is 2.34. The molecule has 1 heterocycles. The van der Waals surface area contributed by atoms with Gasteiger partial charge >= 0.3 is 0 Å². The minimum absolute atomic E-state index is 0.0536. The highest BCUT2D eigenvalue weighted by molar-refractivity contribution is 7.99. The van der Waals surface area contributed by atoms with Crippen LogP contribution in [0.4, 0.5) is 4.39 Å². The summed E-state index contributed by atoms with van der Waals surface area (Å²) in [7, 11) is 0. The van der Waals surface area contributed by atoms with Gasteiger partial charge in [0, 0.05) is 17.7 Å². The van der Waals surface area contributed by atoms with Gasteiger partial charge in [-0.05, 0) is 24.7 Å². The van der Waals surface area contributed by atoms with Gasteiger partial charge in [-0.15, -0.1) is 0 Å². The van der Waals surface area contributed by atoms with Crippen LogP contribution in [0.15, 0.2) is 24.3 Å². The molecule has 0 bridgehead atoms. The maximum absolute atomic E-state index is 14.2. The summed E-state index contributed by atoms with van der Waals surface area (Å²) in [6.07, 6.45) is 1.12. The van der Waals surface area contributed by atoms with Gasteiger partial charge < -0.3 is 0 Å². The van der Waals surface area contributed by atoms with Crippen molar-refractivity contribution in [1.82, 2.24) is 0 Å². The predicted molar refractivity (Wildman–Crippen MR) is 65.9 cm³/mol. The number of carbonyl (C=O) groups is 1. The molecule has 0 amide bonds. The van der Waals surface area contributed by atoms with Crippen LogP contribution in [0, 0.1) is 0 Å². The Morgan fingerprint density at radius 1 is 1.44 bits per heavy atom. The number of rotatable bonds is 3. The van der Waals surface area contributed by atoms with Gasteiger partial charge in [0.05, 0.1) is 0 Å². The molecule has 1 fully saturated rings. The molecule has 16 heavy (non-hydrogen) atoms. The number of halogens is 1. The topological polar surface area (TPSA) is 17.1 Å². The van der Waals surface area contributed by atoms with Gasteiger partial charge in [-0.25, -0.2) is 4.39 Å². The summed E-state index contributed by atoms with van der Waals surface area (Å²) in [4.78, 5) is 11.1. The first-order valence-electron chi connectivity index (χ1n) is 5.46. The second-order valence-corrected chi connectivity index (χ2v) is 5.49. The Morgan fingerprint density at radius 3 is 2.62 bits per heavy atom. The summed E-state index contributed by atoms with van der Waals surface area (Å²) >= 11 is 1.68. The van der Waals surface area contributed by atoms with E-state index in [4.69, 9.17) is 0 Å². The molecule has 3 heteroatoms. The Labute approximate surface area is 99.4 Å². The molecule has 0 aromatic heterocycles. The van der Waals surface area contributed by atoms with Crippen LogP contribution in [-0.2, 0) is 6.42 Å². The fraction of sp³-hybridized carbons (Fsp3) is 0.462. The molecule has 1 saturated heterocycles. The molecule has 0 spiro atoms. The lowest BCUT2D eigenvalue weighted by Crippen LogP contribution is -2.25. The monoisotopic (exact) mass is 238 g/mol. The van der Waals surface area contributed by atoms with E-state index in [0.717, 1.165) is 11.3 Å². The molecular weight excluding hydrogens is 223 g/mol. The fourth-order valence-corrected chi connectivity index (χ4v) is 3.21. The van der Waals surface area contributed by atoms with E-state index in [9.17, 15) is 9.18 Å². The molecule has 0 aliphatic carbocycles. The van der Waals surface area contributed by atoms with Crippen molar-refractivity contribution in [2.24, 2.45) is 0 Å². The van der Waals surface area contributed by atoms with Gasteiger partial charge in [0.15, 0.2) is 5.78 Å². The van der Waals surface area contributed by atoms with E-state index < -0.39 is 5.67 Å². The van der Waals surface area contributed by atoms with E-state index in [1.54, 1.807) is 30.8 Å². The van der Waals surface area contributed by atoms with Crippen LogP contribution in [0.1, 0.15) is 29.3 Å². The quantitative estimate of drug-likeness (QED) is 0.752. The minimum atomic E-state index is -1.04. The van der Waals surface area contributed by atoms with Crippen molar-refractivity contribution in [2.45, 2.75) is 25.4 Å². The zero-order valence-electron chi connectivity index (χ0n) is 9.33. The predicted octanol–water partition coefficient (Wildman–Crippen LogP) is 3.28. The average molecular weight is 238 g/mol. The van der Waals surface area contributed by atoms with Gasteiger partial charge in [-0.2, -0.15) is 11.8 Å². The largest absolute Gasteiger partial charge is 0.295 e. The van der Waals surface area contributed by atoms with E-state index in [0.29, 0.717) is 24.2 Å². The third-order valence-electron chi connectivity index (χ3n) is 2.94. The molecule has 1 nitrogen and oxygen atoms in total. The molecule has 1 aromatic carbocycles. The van der Waals surface area contributed by atoms with E-state index >= 15 is 0 Å². The first-order valence-corrected chi connectivity index (χ1v) is 6.61. The Morgan fingerprint density at radius 2 is 2.12 bits per heavy atom. The number of carbonyl (C=O) groups excluding carboxylic acids is 1. The van der Waals surface area contributed by atoms with Gasteiger partial charge in [0.1, 0.15) is 5.67 Å². The number of hydrogen-bond acceptors (Lipinski definition) is 2. The molecule has 0 N–H and O–H groups in total. The summed E-state index contributed by atoms with van der Waals surface area (Å²) in [5.41, 5.74) is 0.634. The summed E-state index contributed by atoms with van der Waals surface area (Å²) in [5.74, 6) is 1.57. The normalized spacial score (nSPS) is 24.6. The highest BCUT2D eigenvalue weighted by Crippen LogP contribution is 2.34. The number of hydrogen-bond donors (Lipinski definition) is 0. The number of ketones is 1. The zero-order valence-corrected chi connectivity index (χ0v) is 10.1. The molecule has 1 aromatic rings. The van der Waals surface area contributed by atoms with Crippen molar-refractivity contribution in [3.05, 3.63) is 35.4 Å². The standard InChI is InChI=1S/C13H15FOS/c1-10(15)12-4-2-11(3-5-12)8-13(14)6-7-16-9-13/h2-5H,6-9H2,1H3. The first kappa shape index (κ1) is 11.6. The molecule has 86 valence electrons. The maximum Gasteiger partial charge on any atom is 0.159 e. The van der Waals surface area contributed by atoms with Crippen LogP contribution in [0.3, 0.4) is 0 Å². The molecule has 0 radical (unpaired) electrons. The van der Waals surface area contributed by atoms with Crippen molar-refractivity contribution in [1.29, 1.82) is 0 Å². The molecule has 1 aliphatic heterocycles. The Bertz CT molecular complexity index is 379. The molecule has 1 aliphatic rings. The molecule has 1 atom stereocenters. The Hall–Kier alpha value is -0.830. The Kier molecular flexibility index (Phi) is 3.33. The van der Waals surface area contributed by atoms with Crippen molar-refractivity contribution in [3.63, 3.8) is 0 Å². The van der Waals surface area contributed by atoms with Crippen LogP contribution in [0.25, 0.3) is 0 Å². The maximum atomic E-state index is 14.2. The molecular formula is C13H15FOS. The summed E-state index contributed by atoms with van der Waals surface area (Å²) in [6, 6.07) is 7.29. The second-order valence-electron chi connectivity index (χ2n) is 4.38. The molecule has 2 rings (SSSR count). The number of alkyl halides is 1. The third kappa shape index (κ3) is 2.64. The molecule has 0 saturated carbocycles. The van der Waals surface area contributed by atoms with Gasteiger partial charge in [-0.1, -0.05) is 24.3 Å². The summed E-state index contributed by atoms with van der Waals surface area (Å²) < 4.78 is 14.2. The van der Waals surface area contributed by atoms with Crippen molar-refractivity contribution < 1.29 is 9.18 Å². The van der Waals surface area contributed by atoms with E-state index in [-0.39, 0.29) is 5.78 Å². The summed E-state index contributed by atoms with van der Waals surface area (Å²) in [6.45, 7) is 1.54. The van der Waals surface area contributed by atoms with Crippen LogP contribution in [-0.4, -0.2) is 23.0 Å². The van der Waals surface area contributed by atoms with E-state index in [1.165, 1.54) is 0 Å². The second kappa shape index (κ2) is 4.58. The van der Waals surface area contributed by atoms with Crippen LogP contribution >= 0.6 is 11.8 Å². The van der Waals surface area contributed by atoms with Gasteiger partial charge in [-0.3, -0.25) is 4.79 Å². The lowest BCUT2D eigenvalue weighted by molar-refractivity contribution is 0.101. The minimum Gasteiger partial charge on any atom is -0.295 e. The van der Waals surface area contributed by atoms with Crippen molar-refractivity contribution in [2.75, 3.05) is 11.5 Å². The van der Waals surface area contributed by atoms with Crippen LogP contribution < -0.4 is 0 Å². The SMILES string of the molecule is CC(=O)c1ccc(CC2(F)CCSC2)cc1. The third-order valence-corrected chi connectivity index (χ3v) is 4.15. The highest BCUT2D eigenvalue weighted by atomic mass is 32.2. The first-order chi connectivity index (χ1) is 7.59. The lowest BCUT2D eigenvalue weighted by Gasteiger charge is -2.17. The van der Waals surface area contributed by atoms with Crippen LogP contribution in [0.5, 0.6) is 0 Å². The number of Topliss-reactive ketones (excluding diaryl/α,β-unsaturated/α-hetero) is 1. The van der Waals surface area contributed by atoms with Crippen LogP contribution in [0.2, 0.25) is 0 Å². The van der Waals surface area contributed by atoms with E-state index in [2.05, 4.69) is 0 Å². The van der Waals surface area contributed by atoms with Crippen molar-refractivity contribution in [3.8, 4) is 0 Å². The van der Waals surface area contributed by atoms with Gasteiger partial charge in [0.25, 0.3) is 0 Å². The molecule has 1 unspecified atom stereocenters. The average Bonchev–Trinajstić information content (AvgIpc) is 2.65. The summed E-state index contributed by atoms with van der Waals surface area (Å²) in [5, 5.41) is 0.